The minimum absolute atomic E-state index is 0.142. The topological polar surface area (TPSA) is 32.3 Å². The van der Waals surface area contributed by atoms with E-state index in [9.17, 15) is 5.11 Å². The molecule has 1 unspecified atom stereocenters. The van der Waals surface area contributed by atoms with E-state index >= 15 is 0 Å². The van der Waals surface area contributed by atoms with Crippen LogP contribution >= 0.6 is 27.3 Å². The van der Waals surface area contributed by atoms with Gasteiger partial charge in [0.05, 0.1) is 6.10 Å². The number of hydrogen-bond donors (Lipinski definition) is 2. The van der Waals surface area contributed by atoms with E-state index in [1.54, 1.807) is 11.3 Å². The molecule has 2 nitrogen and oxygen atoms in total. The number of aliphatic hydroxyl groups excluding tert-OH is 1. The smallest absolute Gasteiger partial charge is 0.0517 e. The first-order valence-corrected chi connectivity index (χ1v) is 7.18. The van der Waals surface area contributed by atoms with Crippen LogP contribution in [0, 0.1) is 5.41 Å². The summed E-state index contributed by atoms with van der Waals surface area (Å²) < 4.78 is 1.15. The monoisotopic (exact) mass is 305 g/mol. The van der Waals surface area contributed by atoms with Gasteiger partial charge in [0, 0.05) is 27.8 Å². The van der Waals surface area contributed by atoms with Crippen molar-refractivity contribution in [2.24, 2.45) is 5.41 Å². The molecule has 0 saturated carbocycles. The molecule has 92 valence electrons. The quantitative estimate of drug-likeness (QED) is 0.844. The van der Waals surface area contributed by atoms with Crippen LogP contribution in [0.4, 0.5) is 0 Å². The van der Waals surface area contributed by atoms with Crippen LogP contribution in [0.15, 0.2) is 15.9 Å². The molecule has 0 fully saturated rings. The summed E-state index contributed by atoms with van der Waals surface area (Å²) in [5.74, 6) is 0. The van der Waals surface area contributed by atoms with Crippen molar-refractivity contribution in [2.75, 3.05) is 6.54 Å². The Balaban J connectivity index is 2.29. The van der Waals surface area contributed by atoms with Gasteiger partial charge < -0.3 is 10.4 Å². The van der Waals surface area contributed by atoms with E-state index < -0.39 is 0 Å². The fourth-order valence-corrected chi connectivity index (χ4v) is 3.26. The zero-order valence-electron chi connectivity index (χ0n) is 10.1. The highest BCUT2D eigenvalue weighted by molar-refractivity contribution is 9.10. The van der Waals surface area contributed by atoms with Gasteiger partial charge in [-0.15, -0.1) is 11.3 Å². The summed E-state index contributed by atoms with van der Waals surface area (Å²) in [5.41, 5.74) is 0.142. The highest BCUT2D eigenvalue weighted by Gasteiger charge is 2.19. The summed E-state index contributed by atoms with van der Waals surface area (Å²) in [5, 5.41) is 14.9. The molecule has 1 aromatic heterocycles. The van der Waals surface area contributed by atoms with Gasteiger partial charge in [-0.05, 0) is 40.8 Å². The van der Waals surface area contributed by atoms with Gasteiger partial charge in [0.15, 0.2) is 0 Å². The lowest BCUT2D eigenvalue weighted by molar-refractivity contribution is 0.128. The van der Waals surface area contributed by atoms with Crippen LogP contribution in [0.3, 0.4) is 0 Å². The first-order valence-electron chi connectivity index (χ1n) is 5.51. The number of thiophene rings is 1. The summed E-state index contributed by atoms with van der Waals surface area (Å²) >= 11 is 5.20. The Labute approximate surface area is 110 Å². The van der Waals surface area contributed by atoms with Gasteiger partial charge in [-0.3, -0.25) is 0 Å². The molecular weight excluding hydrogens is 286 g/mol. The second-order valence-electron chi connectivity index (χ2n) is 5.05. The van der Waals surface area contributed by atoms with Crippen LogP contribution < -0.4 is 5.32 Å². The van der Waals surface area contributed by atoms with Crippen LogP contribution in [0.25, 0.3) is 0 Å². The van der Waals surface area contributed by atoms with Crippen molar-refractivity contribution >= 4 is 27.3 Å². The highest BCUT2D eigenvalue weighted by atomic mass is 79.9. The molecule has 0 aliphatic rings. The minimum atomic E-state index is -0.229. The van der Waals surface area contributed by atoms with Crippen LogP contribution in [0.1, 0.15) is 32.1 Å². The molecule has 0 saturated heterocycles. The average molecular weight is 306 g/mol. The molecular formula is C12H20BrNOS. The normalized spacial score (nSPS) is 14.1. The SMILES string of the molecule is CC(O)CC(C)(C)CNCc1cc(Br)cs1. The van der Waals surface area contributed by atoms with Crippen molar-refractivity contribution in [1.29, 1.82) is 0 Å². The van der Waals surface area contributed by atoms with E-state index in [1.807, 2.05) is 6.92 Å². The van der Waals surface area contributed by atoms with Gasteiger partial charge in [-0.2, -0.15) is 0 Å². The van der Waals surface area contributed by atoms with Gasteiger partial charge >= 0.3 is 0 Å². The summed E-state index contributed by atoms with van der Waals surface area (Å²) in [7, 11) is 0. The molecule has 2 N–H and O–H groups in total. The standard InChI is InChI=1S/C12H20BrNOS/c1-9(15)5-12(2,3)8-14-6-11-4-10(13)7-16-11/h4,7,9,14-15H,5-6,8H2,1-3H3. The summed E-state index contributed by atoms with van der Waals surface area (Å²) in [6.45, 7) is 8.03. The number of hydrogen-bond acceptors (Lipinski definition) is 3. The molecule has 0 aromatic carbocycles. The zero-order chi connectivity index (χ0) is 12.2. The Morgan fingerprint density at radius 3 is 2.75 bits per heavy atom. The molecule has 1 atom stereocenters. The first-order chi connectivity index (χ1) is 7.39. The fraction of sp³-hybridized carbons (Fsp3) is 0.667. The largest absolute Gasteiger partial charge is 0.393 e. The summed E-state index contributed by atoms with van der Waals surface area (Å²) in [6.07, 6.45) is 0.599. The molecule has 0 aliphatic heterocycles. The molecule has 1 heterocycles. The molecule has 4 heteroatoms. The van der Waals surface area contributed by atoms with Crippen LogP contribution in [0.5, 0.6) is 0 Å². The van der Waals surface area contributed by atoms with Gasteiger partial charge in [-0.1, -0.05) is 13.8 Å². The summed E-state index contributed by atoms with van der Waals surface area (Å²) in [4.78, 5) is 1.33. The van der Waals surface area contributed by atoms with Crippen molar-refractivity contribution in [2.45, 2.75) is 39.8 Å². The van der Waals surface area contributed by atoms with Gasteiger partial charge in [0.25, 0.3) is 0 Å². The molecule has 0 radical (unpaired) electrons. The third-order valence-electron chi connectivity index (χ3n) is 2.37. The van der Waals surface area contributed by atoms with Crippen LogP contribution in [-0.2, 0) is 6.54 Å². The fourth-order valence-electron chi connectivity index (χ4n) is 1.84. The van der Waals surface area contributed by atoms with E-state index in [4.69, 9.17) is 0 Å². The van der Waals surface area contributed by atoms with Gasteiger partial charge in [0.2, 0.25) is 0 Å². The Bertz CT molecular complexity index is 323. The predicted molar refractivity (Wildman–Crippen MR) is 73.8 cm³/mol. The van der Waals surface area contributed by atoms with Crippen molar-refractivity contribution < 1.29 is 5.11 Å². The van der Waals surface area contributed by atoms with Crippen molar-refractivity contribution in [3.63, 3.8) is 0 Å². The molecule has 0 bridgehead atoms. The molecule has 1 rings (SSSR count). The second kappa shape index (κ2) is 6.15. The van der Waals surface area contributed by atoms with Crippen LogP contribution in [-0.4, -0.2) is 17.8 Å². The maximum atomic E-state index is 9.38. The lowest BCUT2D eigenvalue weighted by Crippen LogP contribution is -2.31. The lowest BCUT2D eigenvalue weighted by atomic mass is 9.87. The molecule has 1 aromatic rings. The number of halogens is 1. The van der Waals surface area contributed by atoms with E-state index in [0.29, 0.717) is 0 Å². The van der Waals surface area contributed by atoms with Crippen molar-refractivity contribution in [3.8, 4) is 0 Å². The Kier molecular flexibility index (Phi) is 5.44. The maximum absolute atomic E-state index is 9.38. The number of nitrogens with one attached hydrogen (secondary N) is 1. The summed E-state index contributed by atoms with van der Waals surface area (Å²) in [6, 6.07) is 2.14. The van der Waals surface area contributed by atoms with Gasteiger partial charge in [0.1, 0.15) is 0 Å². The predicted octanol–water partition coefficient (Wildman–Crippen LogP) is 3.40. The second-order valence-corrected chi connectivity index (χ2v) is 6.96. The van der Waals surface area contributed by atoms with E-state index in [-0.39, 0.29) is 11.5 Å². The number of aliphatic hydroxyl groups is 1. The van der Waals surface area contributed by atoms with Gasteiger partial charge in [-0.25, -0.2) is 0 Å². The molecule has 0 spiro atoms. The molecule has 16 heavy (non-hydrogen) atoms. The Morgan fingerprint density at radius 1 is 1.56 bits per heavy atom. The van der Waals surface area contributed by atoms with Crippen molar-refractivity contribution in [1.82, 2.24) is 5.32 Å². The molecule has 0 aliphatic carbocycles. The van der Waals surface area contributed by atoms with E-state index in [2.05, 4.69) is 46.5 Å². The third-order valence-corrected chi connectivity index (χ3v) is 4.07. The molecule has 0 amide bonds. The third kappa shape index (κ3) is 5.43. The average Bonchev–Trinajstić information content (AvgIpc) is 2.48. The van der Waals surface area contributed by atoms with E-state index in [1.165, 1.54) is 4.88 Å². The highest BCUT2D eigenvalue weighted by Crippen LogP contribution is 2.22. The van der Waals surface area contributed by atoms with Crippen LogP contribution in [0.2, 0.25) is 0 Å². The minimum Gasteiger partial charge on any atom is -0.393 e. The lowest BCUT2D eigenvalue weighted by Gasteiger charge is -2.26. The number of rotatable bonds is 6. The first kappa shape index (κ1) is 14.2. The Morgan fingerprint density at radius 2 is 2.25 bits per heavy atom. The van der Waals surface area contributed by atoms with E-state index in [0.717, 1.165) is 24.0 Å². The zero-order valence-corrected chi connectivity index (χ0v) is 12.5. The maximum Gasteiger partial charge on any atom is 0.0517 e. The van der Waals surface area contributed by atoms with Crippen molar-refractivity contribution in [3.05, 3.63) is 20.8 Å². The Hall–Kier alpha value is 0.1000.